The van der Waals surface area contributed by atoms with Crippen LogP contribution in [-0.2, 0) is 0 Å². The van der Waals surface area contributed by atoms with Gasteiger partial charge in [-0.2, -0.15) is 5.26 Å². The molecule has 0 aliphatic rings. The molecule has 0 radical (unpaired) electrons. The summed E-state index contributed by atoms with van der Waals surface area (Å²) in [5, 5.41) is 12.4. The third-order valence-corrected chi connectivity index (χ3v) is 1.96. The van der Waals surface area contributed by atoms with Gasteiger partial charge in [-0.05, 0) is 30.7 Å². The van der Waals surface area contributed by atoms with E-state index in [-0.39, 0.29) is 0 Å². The van der Waals surface area contributed by atoms with Gasteiger partial charge in [-0.25, -0.2) is 0 Å². The maximum absolute atomic E-state index is 8.72. The number of anilines is 1. The second-order valence-corrected chi connectivity index (χ2v) is 3.55. The molecule has 0 unspecified atom stereocenters. The number of hydrogen-bond acceptors (Lipinski definition) is 2. The lowest BCUT2D eigenvalue weighted by atomic mass is 10.1. The second-order valence-electron chi connectivity index (χ2n) is 3.01. The number of aryl methyl sites for hydroxylation is 1. The molecule has 0 bridgehead atoms. The van der Waals surface area contributed by atoms with E-state index in [0.29, 0.717) is 17.1 Å². The number of halogens is 1. The minimum absolute atomic E-state index is 0.535. The minimum atomic E-state index is 0.535. The summed E-state index contributed by atoms with van der Waals surface area (Å²) < 4.78 is 0. The van der Waals surface area contributed by atoms with Crippen LogP contribution >= 0.6 is 11.6 Å². The van der Waals surface area contributed by atoms with Crippen molar-refractivity contribution in [3.63, 3.8) is 0 Å². The van der Waals surface area contributed by atoms with Crippen molar-refractivity contribution in [3.05, 3.63) is 40.9 Å². The first kappa shape index (κ1) is 10.6. The molecule has 14 heavy (non-hydrogen) atoms. The number of nitriles is 1. The van der Waals surface area contributed by atoms with Crippen molar-refractivity contribution in [1.29, 1.82) is 5.26 Å². The van der Waals surface area contributed by atoms with Gasteiger partial charge in [0.1, 0.15) is 0 Å². The summed E-state index contributed by atoms with van der Waals surface area (Å²) in [4.78, 5) is 0. The number of hydrogen-bond donors (Lipinski definition) is 1. The molecule has 0 heterocycles. The number of nitrogens with zero attached hydrogens (tertiary/aromatic N) is 1. The van der Waals surface area contributed by atoms with Crippen molar-refractivity contribution in [2.75, 3.05) is 11.9 Å². The molecule has 0 aliphatic carbocycles. The molecule has 1 aromatic rings. The van der Waals surface area contributed by atoms with Crippen molar-refractivity contribution >= 4 is 17.3 Å². The third kappa shape index (κ3) is 2.79. The SMILES string of the molecule is C=C(Cl)CNc1ccc(C#N)c(C)c1. The predicted molar refractivity (Wildman–Crippen MR) is 59.4 cm³/mol. The zero-order valence-electron chi connectivity index (χ0n) is 7.97. The summed E-state index contributed by atoms with van der Waals surface area (Å²) >= 11 is 5.62. The molecule has 72 valence electrons. The number of nitrogens with one attached hydrogen (secondary N) is 1. The highest BCUT2D eigenvalue weighted by Crippen LogP contribution is 2.14. The first-order valence-corrected chi connectivity index (χ1v) is 4.59. The van der Waals surface area contributed by atoms with Crippen LogP contribution in [0.25, 0.3) is 0 Å². The molecule has 0 aromatic heterocycles. The Labute approximate surface area is 88.8 Å². The summed E-state index contributed by atoms with van der Waals surface area (Å²) in [7, 11) is 0. The molecule has 0 spiro atoms. The van der Waals surface area contributed by atoms with Crippen LogP contribution in [-0.4, -0.2) is 6.54 Å². The van der Waals surface area contributed by atoms with Crippen molar-refractivity contribution in [2.24, 2.45) is 0 Å². The molecule has 1 N–H and O–H groups in total. The van der Waals surface area contributed by atoms with Gasteiger partial charge in [-0.3, -0.25) is 0 Å². The maximum Gasteiger partial charge on any atom is 0.0994 e. The fourth-order valence-electron chi connectivity index (χ4n) is 1.10. The summed E-state index contributed by atoms with van der Waals surface area (Å²) in [5.74, 6) is 0. The van der Waals surface area contributed by atoms with Gasteiger partial charge in [0.25, 0.3) is 0 Å². The number of rotatable bonds is 3. The van der Waals surface area contributed by atoms with Gasteiger partial charge in [0.15, 0.2) is 0 Å². The Morgan fingerprint density at radius 1 is 1.64 bits per heavy atom. The normalized spacial score (nSPS) is 9.21. The largest absolute Gasteiger partial charge is 0.380 e. The Morgan fingerprint density at radius 2 is 2.36 bits per heavy atom. The van der Waals surface area contributed by atoms with Crippen molar-refractivity contribution in [3.8, 4) is 6.07 Å². The molecule has 0 aliphatic heterocycles. The van der Waals surface area contributed by atoms with Crippen LogP contribution in [0.5, 0.6) is 0 Å². The van der Waals surface area contributed by atoms with Gasteiger partial charge in [0.2, 0.25) is 0 Å². The zero-order chi connectivity index (χ0) is 10.6. The average molecular weight is 207 g/mol. The Hall–Kier alpha value is -1.46. The van der Waals surface area contributed by atoms with E-state index >= 15 is 0 Å². The van der Waals surface area contributed by atoms with E-state index in [2.05, 4.69) is 18.0 Å². The molecule has 2 nitrogen and oxygen atoms in total. The molecular formula is C11H11ClN2. The molecule has 0 saturated carbocycles. The van der Waals surface area contributed by atoms with Crippen molar-refractivity contribution in [2.45, 2.75) is 6.92 Å². The fourth-order valence-corrected chi connectivity index (χ4v) is 1.16. The van der Waals surface area contributed by atoms with E-state index in [0.717, 1.165) is 11.3 Å². The Bertz CT molecular complexity index is 391. The predicted octanol–water partition coefficient (Wildman–Crippen LogP) is 3.03. The molecular weight excluding hydrogens is 196 g/mol. The Balaban J connectivity index is 2.77. The van der Waals surface area contributed by atoms with Crippen LogP contribution in [0.4, 0.5) is 5.69 Å². The summed E-state index contributed by atoms with van der Waals surface area (Å²) in [6.07, 6.45) is 0. The molecule has 0 saturated heterocycles. The standard InChI is InChI=1S/C11H11ClN2/c1-8-5-11(14-7-9(2)12)4-3-10(8)6-13/h3-5,14H,2,7H2,1H3. The lowest BCUT2D eigenvalue weighted by Gasteiger charge is -2.06. The van der Waals surface area contributed by atoms with E-state index in [1.807, 2.05) is 19.1 Å². The van der Waals surface area contributed by atoms with E-state index in [1.165, 1.54) is 0 Å². The van der Waals surface area contributed by atoms with Gasteiger partial charge in [-0.15, -0.1) is 0 Å². The molecule has 3 heteroatoms. The Kier molecular flexibility index (Phi) is 3.55. The van der Waals surface area contributed by atoms with Gasteiger partial charge >= 0.3 is 0 Å². The van der Waals surface area contributed by atoms with Gasteiger partial charge in [-0.1, -0.05) is 18.2 Å². The number of benzene rings is 1. The van der Waals surface area contributed by atoms with E-state index in [9.17, 15) is 0 Å². The first-order valence-electron chi connectivity index (χ1n) is 4.21. The zero-order valence-corrected chi connectivity index (χ0v) is 8.73. The van der Waals surface area contributed by atoms with Crippen LogP contribution in [0.1, 0.15) is 11.1 Å². The minimum Gasteiger partial charge on any atom is -0.380 e. The molecule has 1 aromatic carbocycles. The van der Waals surface area contributed by atoms with Crippen molar-refractivity contribution < 1.29 is 0 Å². The third-order valence-electron chi connectivity index (χ3n) is 1.83. The van der Waals surface area contributed by atoms with Crippen LogP contribution in [0.2, 0.25) is 0 Å². The van der Waals surface area contributed by atoms with Gasteiger partial charge in [0.05, 0.1) is 18.2 Å². The molecule has 0 fully saturated rings. The summed E-state index contributed by atoms with van der Waals surface area (Å²) in [5.41, 5.74) is 2.60. The lowest BCUT2D eigenvalue weighted by molar-refractivity contribution is 1.30. The van der Waals surface area contributed by atoms with E-state index < -0.39 is 0 Å². The topological polar surface area (TPSA) is 35.8 Å². The lowest BCUT2D eigenvalue weighted by Crippen LogP contribution is -2.01. The van der Waals surface area contributed by atoms with Crippen LogP contribution in [0, 0.1) is 18.3 Å². The van der Waals surface area contributed by atoms with Crippen LogP contribution in [0.15, 0.2) is 29.8 Å². The van der Waals surface area contributed by atoms with Crippen molar-refractivity contribution in [1.82, 2.24) is 0 Å². The first-order chi connectivity index (χ1) is 6.63. The van der Waals surface area contributed by atoms with E-state index in [1.54, 1.807) is 6.07 Å². The summed E-state index contributed by atoms with van der Waals surface area (Å²) in [6, 6.07) is 7.67. The van der Waals surface area contributed by atoms with E-state index in [4.69, 9.17) is 16.9 Å². The maximum atomic E-state index is 8.72. The monoisotopic (exact) mass is 206 g/mol. The van der Waals surface area contributed by atoms with Crippen LogP contribution < -0.4 is 5.32 Å². The molecule has 0 atom stereocenters. The quantitative estimate of drug-likeness (QED) is 0.825. The molecule has 0 amide bonds. The summed E-state index contributed by atoms with van der Waals surface area (Å²) in [6.45, 7) is 6.01. The Morgan fingerprint density at radius 3 is 2.86 bits per heavy atom. The highest BCUT2D eigenvalue weighted by atomic mass is 35.5. The van der Waals surface area contributed by atoms with Gasteiger partial charge < -0.3 is 5.32 Å². The second kappa shape index (κ2) is 4.69. The highest BCUT2D eigenvalue weighted by Gasteiger charge is 1.98. The molecule has 1 rings (SSSR count). The smallest absolute Gasteiger partial charge is 0.0994 e. The van der Waals surface area contributed by atoms with Crippen LogP contribution in [0.3, 0.4) is 0 Å². The highest BCUT2D eigenvalue weighted by molar-refractivity contribution is 6.29. The fraction of sp³-hybridized carbons (Fsp3) is 0.182. The average Bonchev–Trinajstić information content (AvgIpc) is 2.15. The van der Waals surface area contributed by atoms with Gasteiger partial charge in [0, 0.05) is 10.7 Å².